The van der Waals surface area contributed by atoms with Crippen LogP contribution in [0.15, 0.2) is 466 Å². The lowest BCUT2D eigenvalue weighted by molar-refractivity contribution is 0.426. The zero-order valence-electron chi connectivity index (χ0n) is 65.5. The van der Waals surface area contributed by atoms with Gasteiger partial charge in [0.25, 0.3) is 0 Å². The van der Waals surface area contributed by atoms with Crippen molar-refractivity contribution in [3.8, 4) is 67.0 Å². The average molecular weight is 1600 g/mol. The van der Waals surface area contributed by atoms with Gasteiger partial charge in [-0.3, -0.25) is 0 Å². The van der Waals surface area contributed by atoms with Crippen molar-refractivity contribution in [1.82, 2.24) is 9.13 Å². The van der Waals surface area contributed by atoms with Crippen LogP contribution >= 0.6 is 15.9 Å². The minimum absolute atomic E-state index is 0.503. The summed E-state index contributed by atoms with van der Waals surface area (Å²) in [4.78, 5) is 4.66. The first-order valence-corrected chi connectivity index (χ1v) is 41.4. The molecule has 8 heteroatoms. The fourth-order valence-corrected chi connectivity index (χ4v) is 17.3. The van der Waals surface area contributed by atoms with Gasteiger partial charge in [0.05, 0.1) is 22.1 Å². The van der Waals surface area contributed by atoms with Crippen molar-refractivity contribution >= 4 is 149 Å². The van der Waals surface area contributed by atoms with E-state index in [2.05, 4.69) is 447 Å². The predicted octanol–water partition coefficient (Wildman–Crippen LogP) is 29.6. The summed E-state index contributed by atoms with van der Waals surface area (Å²) < 4.78 is 5.62. The van der Waals surface area contributed by atoms with Crippen molar-refractivity contribution in [3.63, 3.8) is 0 Å². The maximum Gasteiger partial charge on any atom is 0.488 e. The van der Waals surface area contributed by atoms with E-state index >= 15 is 0 Å². The molecule has 0 atom stereocenters. The average Bonchev–Trinajstić information content (AvgIpc) is 1.59. The smallest absolute Gasteiger partial charge is 0.423 e. The molecule has 0 saturated carbocycles. The van der Waals surface area contributed by atoms with Crippen molar-refractivity contribution in [2.75, 3.05) is 9.80 Å². The second-order valence-corrected chi connectivity index (χ2v) is 31.3. The van der Waals surface area contributed by atoms with E-state index < -0.39 is 7.12 Å². The maximum atomic E-state index is 9.43. The molecular weight excluding hydrogens is 1520 g/mol. The largest absolute Gasteiger partial charge is 0.488 e. The van der Waals surface area contributed by atoms with E-state index in [1.54, 1.807) is 6.07 Å². The fraction of sp³-hybridized carbons (Fsp3) is 0. The number of rotatable bonds is 14. The molecule has 6 nitrogen and oxygen atoms in total. The Morgan fingerprint density at radius 1 is 0.192 bits per heavy atom. The zero-order valence-corrected chi connectivity index (χ0v) is 67.1. The summed E-state index contributed by atoms with van der Waals surface area (Å²) in [5, 5.41) is 33.5. The van der Waals surface area contributed by atoms with Gasteiger partial charge in [0.15, 0.2) is 0 Å². The van der Waals surface area contributed by atoms with Crippen molar-refractivity contribution in [2.45, 2.75) is 0 Å². The molecule has 2 N–H and O–H groups in total. The number of para-hydroxylation sites is 4. The first-order chi connectivity index (χ1) is 59.2. The van der Waals surface area contributed by atoms with E-state index in [1.165, 1.54) is 126 Å². The van der Waals surface area contributed by atoms with Crippen molar-refractivity contribution in [3.05, 3.63) is 466 Å². The molecule has 0 aliphatic rings. The third kappa shape index (κ3) is 14.8. The molecule has 22 rings (SSSR count). The van der Waals surface area contributed by atoms with E-state index in [4.69, 9.17) is 0 Å². The SMILES string of the molecule is Brc1ccc(N(c2ccc(-c3ccc4ccccc4c3)cc2)c2ccc(-c3ccc4ccccc4c3)cc2)cc1.OB(O)c1ccc2c(c1)c1ccccc1n2-c1ccccc1.c1ccc(-n2c3ccccc3c3cc(-c4ccc(N(c5ccc(-c6ccc7ccccc7c6)cc5)c5ccc(-c6ccc7ccccc7c6)cc5)cc4)ccc32)cc1. The highest BCUT2D eigenvalue weighted by Crippen LogP contribution is 2.43. The Bertz CT molecular complexity index is 7240. The summed E-state index contributed by atoms with van der Waals surface area (Å²) in [5.41, 5.74) is 26.0. The zero-order chi connectivity index (χ0) is 80.4. The Morgan fingerprint density at radius 2 is 0.433 bits per heavy atom. The molecule has 0 fully saturated rings. The first-order valence-electron chi connectivity index (χ1n) is 40.6. The van der Waals surface area contributed by atoms with E-state index in [0.717, 1.165) is 66.1 Å². The summed E-state index contributed by atoms with van der Waals surface area (Å²) in [6, 6.07) is 164. The van der Waals surface area contributed by atoms with Gasteiger partial charge in [0, 0.05) is 71.5 Å². The lowest BCUT2D eigenvalue weighted by Crippen LogP contribution is -2.29. The predicted molar refractivity (Wildman–Crippen MR) is 512 cm³/mol. The number of benzene rings is 20. The van der Waals surface area contributed by atoms with E-state index in [1.807, 2.05) is 42.5 Å². The summed E-state index contributed by atoms with van der Waals surface area (Å²) in [7, 11) is -1.46. The summed E-state index contributed by atoms with van der Waals surface area (Å²) in [5.74, 6) is 0. The van der Waals surface area contributed by atoms with Crippen molar-refractivity contribution < 1.29 is 10.0 Å². The first kappa shape index (κ1) is 74.0. The van der Waals surface area contributed by atoms with Crippen molar-refractivity contribution in [2.24, 2.45) is 0 Å². The number of hydrogen-bond acceptors (Lipinski definition) is 4. The molecule has 20 aromatic carbocycles. The number of fused-ring (bicyclic) bond motifs is 10. The van der Waals surface area contributed by atoms with Crippen LogP contribution in [-0.4, -0.2) is 26.3 Å². The van der Waals surface area contributed by atoms with Crippen LogP contribution in [0.5, 0.6) is 0 Å². The summed E-state index contributed by atoms with van der Waals surface area (Å²) in [6.07, 6.45) is 0. The van der Waals surface area contributed by atoms with Gasteiger partial charge in [-0.15, -0.1) is 0 Å². The van der Waals surface area contributed by atoms with Crippen LogP contribution in [0.1, 0.15) is 0 Å². The van der Waals surface area contributed by atoms with Gasteiger partial charge in [0.2, 0.25) is 0 Å². The normalized spacial score (nSPS) is 11.3. The molecular formula is C112H78BBrN4O2. The Morgan fingerprint density at radius 3 is 0.758 bits per heavy atom. The Labute approximate surface area is 705 Å². The maximum absolute atomic E-state index is 9.43. The Hall–Kier alpha value is -14.9. The van der Waals surface area contributed by atoms with Gasteiger partial charge >= 0.3 is 7.12 Å². The second kappa shape index (κ2) is 32.7. The molecule has 0 unspecified atom stereocenters. The quantitative estimate of drug-likeness (QED) is 0.107. The standard InChI is InChI=1S/C56H38N2.C38H26BrN.C18H14BNO2/c1-2-14-49(15-3-1)58-55-17-9-8-16-53(55)54-38-48(28-35-56(54)58)43-26-33-52(34-27-43)57(50-29-22-41(23-30-50)46-20-18-39-10-4-6-12-44(39)36-46)51-31-24-42(25-32-51)47-21-19-40-11-5-7-13-45(40)37-47;39-35-17-23-38(24-18-35)40(36-19-13-29(14-20-36)33-11-9-27-5-1-3-7-31(27)25-33)37-21-15-30(16-22-37)34-12-10-28-6-2-4-8-32(28)26-34;21-19(22)13-10-11-18-16(12-13)15-8-4-5-9-17(15)20(18)14-6-2-1-3-7-14/h1-38H;1-26H;1-12,21-22H. The van der Waals surface area contributed by atoms with E-state index in [-0.39, 0.29) is 0 Å². The molecule has 120 heavy (non-hydrogen) atoms. The van der Waals surface area contributed by atoms with Crippen LogP contribution in [0.4, 0.5) is 34.1 Å². The molecule has 0 aliphatic heterocycles. The third-order valence-corrected chi connectivity index (χ3v) is 23.6. The van der Waals surface area contributed by atoms with Gasteiger partial charge in [-0.25, -0.2) is 0 Å². The third-order valence-electron chi connectivity index (χ3n) is 23.1. The molecule has 0 saturated heterocycles. The second-order valence-electron chi connectivity index (χ2n) is 30.4. The topological polar surface area (TPSA) is 56.8 Å². The van der Waals surface area contributed by atoms with Crippen LogP contribution in [0.25, 0.3) is 154 Å². The molecule has 0 amide bonds. The van der Waals surface area contributed by atoms with Crippen LogP contribution in [-0.2, 0) is 0 Å². The van der Waals surface area contributed by atoms with Gasteiger partial charge < -0.3 is 29.0 Å². The molecule has 0 bridgehead atoms. The molecule has 0 radical (unpaired) electrons. The number of hydrogen-bond donors (Lipinski definition) is 2. The number of anilines is 6. The summed E-state index contributed by atoms with van der Waals surface area (Å²) >= 11 is 3.59. The molecule has 2 heterocycles. The van der Waals surface area contributed by atoms with Crippen LogP contribution in [0, 0.1) is 0 Å². The molecule has 568 valence electrons. The van der Waals surface area contributed by atoms with Crippen molar-refractivity contribution in [1.29, 1.82) is 0 Å². The highest BCUT2D eigenvalue weighted by atomic mass is 79.9. The lowest BCUT2D eigenvalue weighted by Gasteiger charge is -2.26. The Kier molecular flexibility index (Phi) is 20.1. The molecule has 2 aromatic heterocycles. The minimum Gasteiger partial charge on any atom is -0.423 e. The van der Waals surface area contributed by atoms with Crippen LogP contribution in [0.3, 0.4) is 0 Å². The van der Waals surface area contributed by atoms with Gasteiger partial charge in [-0.05, 0) is 268 Å². The van der Waals surface area contributed by atoms with Crippen LogP contribution in [0.2, 0.25) is 0 Å². The molecule has 0 aliphatic carbocycles. The fourth-order valence-electron chi connectivity index (χ4n) is 17.0. The highest BCUT2D eigenvalue weighted by molar-refractivity contribution is 9.10. The van der Waals surface area contributed by atoms with Gasteiger partial charge in [-0.1, -0.05) is 313 Å². The monoisotopic (exact) mass is 1600 g/mol. The molecule has 0 spiro atoms. The lowest BCUT2D eigenvalue weighted by atomic mass is 9.80. The van der Waals surface area contributed by atoms with E-state index in [0.29, 0.717) is 5.46 Å². The molecule has 22 aromatic rings. The van der Waals surface area contributed by atoms with Gasteiger partial charge in [0.1, 0.15) is 0 Å². The van der Waals surface area contributed by atoms with Gasteiger partial charge in [-0.2, -0.15) is 0 Å². The summed E-state index contributed by atoms with van der Waals surface area (Å²) in [6.45, 7) is 0. The highest BCUT2D eigenvalue weighted by Gasteiger charge is 2.21. The van der Waals surface area contributed by atoms with E-state index in [9.17, 15) is 10.0 Å². The number of nitrogens with zero attached hydrogens (tertiary/aromatic N) is 4. The minimum atomic E-state index is -1.46. The number of halogens is 1. The van der Waals surface area contributed by atoms with Crippen LogP contribution < -0.4 is 15.3 Å². The Balaban J connectivity index is 0.000000128. The number of aromatic nitrogens is 2.